The van der Waals surface area contributed by atoms with Crippen molar-refractivity contribution in [1.82, 2.24) is 5.32 Å². The predicted octanol–water partition coefficient (Wildman–Crippen LogP) is 5.90. The number of fused-ring (bicyclic) bond motifs is 1. The molecule has 3 aromatic rings. The van der Waals surface area contributed by atoms with Crippen molar-refractivity contribution < 1.29 is 14.0 Å². The third-order valence-electron chi connectivity index (χ3n) is 5.64. The predicted molar refractivity (Wildman–Crippen MR) is 122 cm³/mol. The summed E-state index contributed by atoms with van der Waals surface area (Å²) in [5.74, 6) is -1.33. The number of hydrogen-bond acceptors (Lipinski definition) is 3. The molecule has 31 heavy (non-hydrogen) atoms. The fraction of sp³-hybridized carbons (Fsp3) is 0.280. The first-order chi connectivity index (χ1) is 15.0. The highest BCUT2D eigenvalue weighted by Crippen LogP contribution is 2.38. The number of aryl methyl sites for hydroxylation is 1. The number of anilines is 1. The molecule has 4 nitrogen and oxygen atoms in total. The Kier molecular flexibility index (Phi) is 6.47. The third kappa shape index (κ3) is 4.69. The van der Waals surface area contributed by atoms with Crippen LogP contribution in [-0.2, 0) is 12.8 Å². The van der Waals surface area contributed by atoms with Gasteiger partial charge in [0.25, 0.3) is 11.8 Å². The SMILES string of the molecule is CC(NC(=O)c1c(NC(=O)c2ccccc2F)sc2c1CCCCC2)c1ccccc1. The van der Waals surface area contributed by atoms with E-state index in [0.29, 0.717) is 10.6 Å². The van der Waals surface area contributed by atoms with E-state index in [1.54, 1.807) is 12.1 Å². The summed E-state index contributed by atoms with van der Waals surface area (Å²) in [5.41, 5.74) is 2.52. The molecule has 1 unspecified atom stereocenters. The lowest BCUT2D eigenvalue weighted by atomic mass is 10.0. The number of carbonyl (C=O) groups is 2. The molecule has 2 aromatic carbocycles. The average molecular weight is 437 g/mol. The molecule has 160 valence electrons. The maximum atomic E-state index is 14.1. The van der Waals surface area contributed by atoms with E-state index in [0.717, 1.165) is 48.1 Å². The van der Waals surface area contributed by atoms with E-state index in [4.69, 9.17) is 0 Å². The molecule has 0 saturated carbocycles. The van der Waals surface area contributed by atoms with Gasteiger partial charge >= 0.3 is 0 Å². The fourth-order valence-electron chi connectivity index (χ4n) is 3.98. The van der Waals surface area contributed by atoms with Crippen LogP contribution in [-0.4, -0.2) is 11.8 Å². The van der Waals surface area contributed by atoms with Gasteiger partial charge < -0.3 is 10.6 Å². The largest absolute Gasteiger partial charge is 0.345 e. The van der Waals surface area contributed by atoms with Crippen molar-refractivity contribution in [2.24, 2.45) is 0 Å². The van der Waals surface area contributed by atoms with Crippen molar-refractivity contribution in [3.63, 3.8) is 0 Å². The summed E-state index contributed by atoms with van der Waals surface area (Å²) >= 11 is 1.44. The summed E-state index contributed by atoms with van der Waals surface area (Å²) in [6.45, 7) is 1.94. The van der Waals surface area contributed by atoms with E-state index < -0.39 is 11.7 Å². The fourth-order valence-corrected chi connectivity index (χ4v) is 5.26. The molecule has 0 aliphatic heterocycles. The van der Waals surface area contributed by atoms with Crippen LogP contribution in [0.5, 0.6) is 0 Å². The van der Waals surface area contributed by atoms with Gasteiger partial charge in [-0.05, 0) is 55.9 Å². The summed E-state index contributed by atoms with van der Waals surface area (Å²) in [6.07, 6.45) is 4.91. The lowest BCUT2D eigenvalue weighted by Gasteiger charge is -2.16. The zero-order chi connectivity index (χ0) is 21.8. The van der Waals surface area contributed by atoms with Crippen molar-refractivity contribution in [3.8, 4) is 0 Å². The highest BCUT2D eigenvalue weighted by molar-refractivity contribution is 7.17. The summed E-state index contributed by atoms with van der Waals surface area (Å²) < 4.78 is 14.1. The summed E-state index contributed by atoms with van der Waals surface area (Å²) in [4.78, 5) is 27.2. The molecule has 2 amide bonds. The Balaban J connectivity index is 1.65. The van der Waals surface area contributed by atoms with Gasteiger partial charge in [0.1, 0.15) is 10.8 Å². The lowest BCUT2D eigenvalue weighted by molar-refractivity contribution is 0.0940. The second-order valence-corrected chi connectivity index (χ2v) is 8.91. The van der Waals surface area contributed by atoms with Crippen molar-refractivity contribution in [3.05, 3.63) is 87.5 Å². The second-order valence-electron chi connectivity index (χ2n) is 7.81. The van der Waals surface area contributed by atoms with Crippen LogP contribution in [0.3, 0.4) is 0 Å². The quantitative estimate of drug-likeness (QED) is 0.489. The van der Waals surface area contributed by atoms with Crippen LogP contribution in [0.2, 0.25) is 0 Å². The van der Waals surface area contributed by atoms with E-state index in [-0.39, 0.29) is 17.5 Å². The van der Waals surface area contributed by atoms with Crippen molar-refractivity contribution in [2.45, 2.75) is 45.1 Å². The van der Waals surface area contributed by atoms with Gasteiger partial charge in [-0.15, -0.1) is 11.3 Å². The summed E-state index contributed by atoms with van der Waals surface area (Å²) in [6, 6.07) is 15.5. The highest BCUT2D eigenvalue weighted by Gasteiger charge is 2.27. The van der Waals surface area contributed by atoms with Gasteiger partial charge in [0, 0.05) is 4.88 Å². The number of rotatable bonds is 5. The number of thiophene rings is 1. The van der Waals surface area contributed by atoms with Crippen LogP contribution < -0.4 is 10.6 Å². The first kappa shape index (κ1) is 21.2. The molecule has 4 rings (SSSR count). The Morgan fingerprint density at radius 1 is 0.935 bits per heavy atom. The summed E-state index contributed by atoms with van der Waals surface area (Å²) in [7, 11) is 0. The number of hydrogen-bond donors (Lipinski definition) is 2. The Bertz CT molecular complexity index is 1090. The zero-order valence-electron chi connectivity index (χ0n) is 17.4. The Labute approximate surface area is 185 Å². The molecule has 0 bridgehead atoms. The van der Waals surface area contributed by atoms with Gasteiger partial charge in [-0.1, -0.05) is 48.9 Å². The van der Waals surface area contributed by atoms with Crippen LogP contribution in [0.4, 0.5) is 9.39 Å². The monoisotopic (exact) mass is 436 g/mol. The van der Waals surface area contributed by atoms with Gasteiger partial charge in [0.05, 0.1) is 17.2 Å². The lowest BCUT2D eigenvalue weighted by Crippen LogP contribution is -2.28. The summed E-state index contributed by atoms with van der Waals surface area (Å²) in [5, 5.41) is 6.39. The number of benzene rings is 2. The topological polar surface area (TPSA) is 58.2 Å². The van der Waals surface area contributed by atoms with Crippen LogP contribution in [0.25, 0.3) is 0 Å². The third-order valence-corrected chi connectivity index (χ3v) is 6.85. The van der Waals surface area contributed by atoms with Gasteiger partial charge in [-0.2, -0.15) is 0 Å². The van der Waals surface area contributed by atoms with E-state index in [1.807, 2.05) is 37.3 Å². The molecule has 1 aromatic heterocycles. The second kappa shape index (κ2) is 9.43. The Morgan fingerprint density at radius 2 is 1.65 bits per heavy atom. The van der Waals surface area contributed by atoms with Gasteiger partial charge in [0.15, 0.2) is 0 Å². The van der Waals surface area contributed by atoms with E-state index in [9.17, 15) is 14.0 Å². The molecular weight excluding hydrogens is 411 g/mol. The molecule has 6 heteroatoms. The number of carbonyl (C=O) groups excluding carboxylic acids is 2. The van der Waals surface area contributed by atoms with Crippen molar-refractivity contribution in [2.75, 3.05) is 5.32 Å². The minimum atomic E-state index is -0.582. The maximum absolute atomic E-state index is 14.1. The van der Waals surface area contributed by atoms with Crippen LogP contribution in [0, 0.1) is 5.82 Å². The minimum absolute atomic E-state index is 0.0323. The number of nitrogens with one attached hydrogen (secondary N) is 2. The van der Waals surface area contributed by atoms with Crippen molar-refractivity contribution >= 4 is 28.2 Å². The molecule has 1 aliphatic carbocycles. The Morgan fingerprint density at radius 3 is 2.42 bits per heavy atom. The van der Waals surface area contributed by atoms with E-state index in [2.05, 4.69) is 10.6 Å². The number of amides is 2. The standard InChI is InChI=1S/C25H25FN2O2S/c1-16(17-10-4-2-5-11-17)27-24(30)22-19-13-6-3-7-15-21(19)31-25(22)28-23(29)18-12-8-9-14-20(18)26/h2,4-5,8-12,14,16H,3,6-7,13,15H2,1H3,(H,27,30)(H,28,29). The first-order valence-corrected chi connectivity index (χ1v) is 11.4. The van der Waals surface area contributed by atoms with Gasteiger partial charge in [-0.25, -0.2) is 4.39 Å². The van der Waals surface area contributed by atoms with Crippen LogP contribution >= 0.6 is 11.3 Å². The molecule has 0 spiro atoms. The van der Waals surface area contributed by atoms with Gasteiger partial charge in [0.2, 0.25) is 0 Å². The molecule has 0 saturated heterocycles. The van der Waals surface area contributed by atoms with Gasteiger partial charge in [-0.3, -0.25) is 9.59 Å². The highest BCUT2D eigenvalue weighted by atomic mass is 32.1. The van der Waals surface area contributed by atoms with Crippen LogP contribution in [0.15, 0.2) is 54.6 Å². The molecule has 0 fully saturated rings. The smallest absolute Gasteiger partial charge is 0.259 e. The average Bonchev–Trinajstić information content (AvgIpc) is 2.95. The molecule has 1 aliphatic rings. The normalized spacial score (nSPS) is 14.3. The van der Waals surface area contributed by atoms with Crippen molar-refractivity contribution in [1.29, 1.82) is 0 Å². The number of halogens is 1. The first-order valence-electron chi connectivity index (χ1n) is 10.6. The molecule has 2 N–H and O–H groups in total. The molecule has 1 heterocycles. The molecular formula is C25H25FN2O2S. The van der Waals surface area contributed by atoms with E-state index in [1.165, 1.54) is 23.5 Å². The Hall–Kier alpha value is -2.99. The van der Waals surface area contributed by atoms with E-state index >= 15 is 0 Å². The minimum Gasteiger partial charge on any atom is -0.345 e. The maximum Gasteiger partial charge on any atom is 0.259 e. The molecule has 0 radical (unpaired) electrons. The molecule has 1 atom stereocenters. The zero-order valence-corrected chi connectivity index (χ0v) is 18.2. The van der Waals surface area contributed by atoms with Crippen LogP contribution in [0.1, 0.15) is 68.9 Å².